The molecule has 1 aliphatic rings. The van der Waals surface area contributed by atoms with Gasteiger partial charge >= 0.3 is 0 Å². The fourth-order valence-corrected chi connectivity index (χ4v) is 2.93. The lowest BCUT2D eigenvalue weighted by atomic mass is 9.91. The Labute approximate surface area is 75.8 Å². The number of aliphatic hydroxyl groups is 1. The molecule has 0 bridgehead atoms. The molecule has 0 aromatic rings. The molecule has 0 spiro atoms. The summed E-state index contributed by atoms with van der Waals surface area (Å²) in [5.41, 5.74) is 5.79. The molecule has 3 N–H and O–H groups in total. The zero-order valence-corrected chi connectivity index (χ0v) is 8.22. The molecular formula is C8H17NO2S. The van der Waals surface area contributed by atoms with Crippen molar-refractivity contribution >= 4 is 10.8 Å². The first-order valence-electron chi connectivity index (χ1n) is 4.40. The molecule has 0 aromatic heterocycles. The van der Waals surface area contributed by atoms with Crippen LogP contribution >= 0.6 is 0 Å². The van der Waals surface area contributed by atoms with E-state index in [1.54, 1.807) is 6.92 Å². The van der Waals surface area contributed by atoms with Crippen molar-refractivity contribution in [1.29, 1.82) is 0 Å². The molecule has 0 amide bonds. The molecule has 4 heteroatoms. The molecule has 12 heavy (non-hydrogen) atoms. The molecule has 3 nitrogen and oxygen atoms in total. The van der Waals surface area contributed by atoms with Crippen molar-refractivity contribution in [2.75, 3.05) is 11.5 Å². The molecule has 1 saturated heterocycles. The number of nitrogens with two attached hydrogens (primary N) is 1. The molecule has 1 aliphatic heterocycles. The van der Waals surface area contributed by atoms with Gasteiger partial charge < -0.3 is 10.8 Å². The minimum absolute atomic E-state index is 0.137. The van der Waals surface area contributed by atoms with Crippen molar-refractivity contribution in [3.05, 3.63) is 0 Å². The minimum atomic E-state index is -0.628. The molecule has 1 rings (SSSR count). The van der Waals surface area contributed by atoms with E-state index in [0.717, 1.165) is 24.3 Å². The first-order chi connectivity index (χ1) is 5.61. The van der Waals surface area contributed by atoms with Crippen LogP contribution in [0.15, 0.2) is 0 Å². The van der Waals surface area contributed by atoms with Crippen LogP contribution in [0.1, 0.15) is 19.8 Å². The average molecular weight is 191 g/mol. The summed E-state index contributed by atoms with van der Waals surface area (Å²) in [6.07, 6.45) is 1.36. The number of rotatable bonds is 2. The number of hydrogen-bond donors (Lipinski definition) is 2. The Morgan fingerprint density at radius 2 is 2.00 bits per heavy atom. The topological polar surface area (TPSA) is 63.3 Å². The Bertz CT molecular complexity index is 162. The SMILES string of the molecule is CC(O)C(N)C1CCS(=O)CC1. The molecule has 2 atom stereocenters. The normalized spacial score (nSPS) is 35.9. The van der Waals surface area contributed by atoms with Gasteiger partial charge in [0, 0.05) is 28.3 Å². The summed E-state index contributed by atoms with van der Waals surface area (Å²) in [5, 5.41) is 9.24. The molecule has 0 aliphatic carbocycles. The molecule has 1 heterocycles. The predicted octanol–water partition coefficient (Wildman–Crippen LogP) is -0.147. The van der Waals surface area contributed by atoms with Crippen molar-refractivity contribution in [2.24, 2.45) is 11.7 Å². The lowest BCUT2D eigenvalue weighted by Gasteiger charge is -2.28. The van der Waals surface area contributed by atoms with E-state index in [1.807, 2.05) is 0 Å². The first kappa shape index (κ1) is 10.2. The van der Waals surface area contributed by atoms with E-state index in [9.17, 15) is 9.32 Å². The highest BCUT2D eigenvalue weighted by Crippen LogP contribution is 2.20. The Kier molecular flexibility index (Phi) is 3.68. The van der Waals surface area contributed by atoms with Crippen LogP contribution in [0.3, 0.4) is 0 Å². The van der Waals surface area contributed by atoms with E-state index >= 15 is 0 Å². The molecule has 0 radical (unpaired) electrons. The largest absolute Gasteiger partial charge is 0.392 e. The van der Waals surface area contributed by atoms with Crippen LogP contribution in [-0.4, -0.2) is 33.0 Å². The van der Waals surface area contributed by atoms with Gasteiger partial charge in [0.25, 0.3) is 0 Å². The summed E-state index contributed by atoms with van der Waals surface area (Å²) in [7, 11) is -0.628. The van der Waals surface area contributed by atoms with E-state index in [-0.39, 0.29) is 6.04 Å². The Balaban J connectivity index is 2.38. The summed E-state index contributed by atoms with van der Waals surface area (Å²) in [5.74, 6) is 1.87. The number of aliphatic hydroxyl groups excluding tert-OH is 1. The highest BCUT2D eigenvalue weighted by atomic mass is 32.2. The van der Waals surface area contributed by atoms with E-state index < -0.39 is 16.9 Å². The quantitative estimate of drug-likeness (QED) is 0.638. The van der Waals surface area contributed by atoms with Gasteiger partial charge in [0.2, 0.25) is 0 Å². The van der Waals surface area contributed by atoms with Crippen LogP contribution < -0.4 is 5.73 Å². The highest BCUT2D eigenvalue weighted by molar-refractivity contribution is 7.85. The second kappa shape index (κ2) is 4.35. The minimum Gasteiger partial charge on any atom is -0.392 e. The lowest BCUT2D eigenvalue weighted by molar-refractivity contribution is 0.130. The van der Waals surface area contributed by atoms with E-state index in [0.29, 0.717) is 5.92 Å². The fourth-order valence-electron chi connectivity index (χ4n) is 1.59. The van der Waals surface area contributed by atoms with Gasteiger partial charge in [-0.05, 0) is 25.7 Å². The van der Waals surface area contributed by atoms with Crippen LogP contribution in [0.4, 0.5) is 0 Å². The van der Waals surface area contributed by atoms with Gasteiger partial charge in [-0.15, -0.1) is 0 Å². The molecule has 2 unspecified atom stereocenters. The second-order valence-corrected chi connectivity index (χ2v) is 5.20. The van der Waals surface area contributed by atoms with E-state index in [4.69, 9.17) is 5.73 Å². The fraction of sp³-hybridized carbons (Fsp3) is 1.00. The lowest BCUT2D eigenvalue weighted by Crippen LogP contribution is -2.42. The molecule has 0 aromatic carbocycles. The predicted molar refractivity (Wildman–Crippen MR) is 50.3 cm³/mol. The van der Waals surface area contributed by atoms with Crippen LogP contribution in [0.5, 0.6) is 0 Å². The maximum atomic E-state index is 11.0. The van der Waals surface area contributed by atoms with Gasteiger partial charge in [0.15, 0.2) is 0 Å². The summed E-state index contributed by atoms with van der Waals surface area (Å²) in [4.78, 5) is 0. The summed E-state index contributed by atoms with van der Waals surface area (Å²) in [6, 6.07) is -0.137. The zero-order valence-electron chi connectivity index (χ0n) is 7.40. The smallest absolute Gasteiger partial charge is 0.0665 e. The first-order valence-corrected chi connectivity index (χ1v) is 5.88. The summed E-state index contributed by atoms with van der Waals surface area (Å²) < 4.78 is 11.0. The Morgan fingerprint density at radius 3 is 2.42 bits per heavy atom. The van der Waals surface area contributed by atoms with Crippen molar-refractivity contribution in [3.63, 3.8) is 0 Å². The maximum Gasteiger partial charge on any atom is 0.0665 e. The van der Waals surface area contributed by atoms with Gasteiger partial charge in [-0.25, -0.2) is 0 Å². The Hall–Kier alpha value is 0.0700. The van der Waals surface area contributed by atoms with Gasteiger partial charge in [0.1, 0.15) is 0 Å². The van der Waals surface area contributed by atoms with Crippen LogP contribution in [0.2, 0.25) is 0 Å². The zero-order chi connectivity index (χ0) is 9.14. The van der Waals surface area contributed by atoms with Crippen molar-refractivity contribution in [2.45, 2.75) is 31.9 Å². The Morgan fingerprint density at radius 1 is 1.50 bits per heavy atom. The molecule has 0 saturated carbocycles. The van der Waals surface area contributed by atoms with Gasteiger partial charge in [-0.3, -0.25) is 4.21 Å². The summed E-state index contributed by atoms with van der Waals surface area (Å²) in [6.45, 7) is 1.72. The van der Waals surface area contributed by atoms with Crippen LogP contribution in [0.25, 0.3) is 0 Å². The van der Waals surface area contributed by atoms with E-state index in [1.165, 1.54) is 0 Å². The van der Waals surface area contributed by atoms with E-state index in [2.05, 4.69) is 0 Å². The standard InChI is InChI=1S/C8H17NO2S/c1-6(10)8(9)7-2-4-12(11)5-3-7/h6-8,10H,2-5,9H2,1H3. The molecule has 1 fully saturated rings. The van der Waals surface area contributed by atoms with Crippen molar-refractivity contribution < 1.29 is 9.32 Å². The third kappa shape index (κ3) is 2.54. The van der Waals surface area contributed by atoms with Crippen LogP contribution in [0, 0.1) is 5.92 Å². The number of hydrogen-bond acceptors (Lipinski definition) is 3. The summed E-state index contributed by atoms with van der Waals surface area (Å²) >= 11 is 0. The van der Waals surface area contributed by atoms with Gasteiger partial charge in [-0.1, -0.05) is 0 Å². The monoisotopic (exact) mass is 191 g/mol. The van der Waals surface area contributed by atoms with Crippen molar-refractivity contribution in [1.82, 2.24) is 0 Å². The van der Waals surface area contributed by atoms with Crippen molar-refractivity contribution in [3.8, 4) is 0 Å². The molecular weight excluding hydrogens is 174 g/mol. The second-order valence-electron chi connectivity index (χ2n) is 3.50. The third-order valence-corrected chi connectivity index (χ3v) is 3.92. The van der Waals surface area contributed by atoms with Gasteiger partial charge in [0.05, 0.1) is 6.10 Å². The molecule has 72 valence electrons. The maximum absolute atomic E-state index is 11.0. The highest BCUT2D eigenvalue weighted by Gasteiger charge is 2.25. The van der Waals surface area contributed by atoms with Gasteiger partial charge in [-0.2, -0.15) is 0 Å². The average Bonchev–Trinajstić information content (AvgIpc) is 2.04. The third-order valence-electron chi connectivity index (χ3n) is 2.53. The van der Waals surface area contributed by atoms with Crippen LogP contribution in [-0.2, 0) is 10.8 Å².